The van der Waals surface area contributed by atoms with Gasteiger partial charge in [-0.3, -0.25) is 4.79 Å². The number of nitrogens with zero attached hydrogens (tertiary/aromatic N) is 3. The number of nitrogens with one attached hydrogen (secondary N) is 1. The summed E-state index contributed by atoms with van der Waals surface area (Å²) < 4.78 is 11.2. The molecule has 5 fully saturated rings. The second kappa shape index (κ2) is 7.44. The van der Waals surface area contributed by atoms with Crippen LogP contribution in [-0.4, -0.2) is 30.0 Å². The van der Waals surface area contributed by atoms with Gasteiger partial charge in [-0.25, -0.2) is 0 Å². The number of hydrogen-bond acceptors (Lipinski definition) is 6. The zero-order chi connectivity index (χ0) is 20.9. The molecular weight excluding hydrogens is 392 g/mol. The molecule has 4 saturated carbocycles. The number of carbonyl (C=O) groups excluding carboxylic acids is 1. The molecule has 0 unspecified atom stereocenters. The Morgan fingerprint density at radius 2 is 1.84 bits per heavy atom. The number of nitriles is 1. The van der Waals surface area contributed by atoms with E-state index in [9.17, 15) is 10.1 Å². The molecule has 2 aromatic heterocycles. The Balaban J connectivity index is 1.09. The molecule has 0 radical (unpaired) electrons. The largest absolute Gasteiger partial charge is 0.459 e. The summed E-state index contributed by atoms with van der Waals surface area (Å²) in [6, 6.07) is 6.05. The highest BCUT2D eigenvalue weighted by molar-refractivity contribution is 5.79. The quantitative estimate of drug-likeness (QED) is 0.804. The van der Waals surface area contributed by atoms with Crippen LogP contribution in [0, 0.1) is 40.9 Å². The van der Waals surface area contributed by atoms with Gasteiger partial charge in [0.1, 0.15) is 6.07 Å². The van der Waals surface area contributed by atoms with E-state index in [-0.39, 0.29) is 17.5 Å². The average molecular weight is 421 g/mol. The maximum Gasteiger partial charge on any atom is 0.266 e. The number of rotatable bonds is 4. The Morgan fingerprint density at radius 3 is 2.45 bits per heavy atom. The fourth-order valence-electron chi connectivity index (χ4n) is 6.89. The lowest BCUT2D eigenvalue weighted by molar-refractivity contribution is -0.129. The summed E-state index contributed by atoms with van der Waals surface area (Å²) in [4.78, 5) is 19.4. The van der Waals surface area contributed by atoms with Crippen molar-refractivity contribution in [1.82, 2.24) is 10.3 Å². The van der Waals surface area contributed by atoms with E-state index in [2.05, 4.69) is 16.4 Å². The summed E-state index contributed by atoms with van der Waals surface area (Å²) in [7, 11) is 0. The molecular formula is C24H28N4O3. The summed E-state index contributed by atoms with van der Waals surface area (Å²) >= 11 is 0. The van der Waals surface area contributed by atoms with Gasteiger partial charge in [-0.15, -0.1) is 0 Å². The van der Waals surface area contributed by atoms with E-state index in [1.807, 2.05) is 4.90 Å². The number of oxazole rings is 1. The van der Waals surface area contributed by atoms with E-state index in [0.717, 1.165) is 24.7 Å². The van der Waals surface area contributed by atoms with Gasteiger partial charge in [-0.2, -0.15) is 10.2 Å². The monoisotopic (exact) mass is 420 g/mol. The lowest BCUT2D eigenvalue weighted by atomic mass is 9.54. The van der Waals surface area contributed by atoms with Crippen LogP contribution in [-0.2, 0) is 4.79 Å². The van der Waals surface area contributed by atoms with Gasteiger partial charge in [0.15, 0.2) is 5.76 Å². The Bertz CT molecular complexity index is 969. The first-order valence-electron chi connectivity index (χ1n) is 11.7. The molecule has 1 amide bonds. The van der Waals surface area contributed by atoms with Gasteiger partial charge in [-0.1, -0.05) is 0 Å². The normalized spacial score (nSPS) is 32.2. The predicted molar refractivity (Wildman–Crippen MR) is 113 cm³/mol. The molecule has 0 atom stereocenters. The molecule has 3 heterocycles. The van der Waals surface area contributed by atoms with Crippen molar-refractivity contribution in [2.75, 3.05) is 18.0 Å². The smallest absolute Gasteiger partial charge is 0.266 e. The molecule has 1 aliphatic heterocycles. The maximum absolute atomic E-state index is 13.1. The van der Waals surface area contributed by atoms with Crippen molar-refractivity contribution in [3.8, 4) is 17.7 Å². The minimum atomic E-state index is 0.0337. The van der Waals surface area contributed by atoms with Crippen LogP contribution in [0.2, 0.25) is 0 Å². The van der Waals surface area contributed by atoms with Gasteiger partial charge in [0.2, 0.25) is 17.5 Å². The first-order valence-corrected chi connectivity index (χ1v) is 11.7. The molecule has 7 nitrogen and oxygen atoms in total. The molecule has 4 aliphatic carbocycles. The van der Waals surface area contributed by atoms with E-state index in [4.69, 9.17) is 8.83 Å². The number of hydrogen-bond donors (Lipinski definition) is 1. The van der Waals surface area contributed by atoms with Crippen LogP contribution in [0.25, 0.3) is 11.7 Å². The topological polar surface area (TPSA) is 95.3 Å². The number of anilines is 1. The Labute approximate surface area is 181 Å². The first-order chi connectivity index (χ1) is 15.2. The molecule has 1 N–H and O–H groups in total. The fraction of sp³-hybridized carbons (Fsp3) is 0.625. The molecule has 7 rings (SSSR count). The van der Waals surface area contributed by atoms with Crippen LogP contribution < -0.4 is 10.2 Å². The predicted octanol–water partition coefficient (Wildman–Crippen LogP) is 3.96. The number of furan rings is 1. The van der Waals surface area contributed by atoms with E-state index in [0.29, 0.717) is 48.5 Å². The number of aromatic nitrogens is 1. The lowest BCUT2D eigenvalue weighted by Gasteiger charge is -2.54. The van der Waals surface area contributed by atoms with E-state index < -0.39 is 0 Å². The fourth-order valence-corrected chi connectivity index (χ4v) is 6.89. The zero-order valence-electron chi connectivity index (χ0n) is 17.6. The third kappa shape index (κ3) is 3.33. The number of amides is 1. The van der Waals surface area contributed by atoms with Crippen molar-refractivity contribution < 1.29 is 13.6 Å². The second-order valence-corrected chi connectivity index (χ2v) is 9.99. The standard InChI is InChI=1S/C24H28N4O3/c25-13-19-24(31-23(26-19)20-2-1-7-30-20)28-5-3-16(4-6-28)22(29)27-21-17-9-14-8-15(11-17)12-18(21)10-14/h1-2,7,14-18,21H,3-6,8-12H2,(H,27,29). The van der Waals surface area contributed by atoms with Crippen LogP contribution in [0.4, 0.5) is 5.88 Å². The average Bonchev–Trinajstić information content (AvgIpc) is 3.45. The van der Waals surface area contributed by atoms with Crippen molar-refractivity contribution >= 4 is 11.8 Å². The molecule has 7 heteroatoms. The summed E-state index contributed by atoms with van der Waals surface area (Å²) in [6.07, 6.45) is 9.78. The zero-order valence-corrected chi connectivity index (χ0v) is 17.6. The molecule has 2 aromatic rings. The van der Waals surface area contributed by atoms with Crippen molar-refractivity contribution in [1.29, 1.82) is 5.26 Å². The van der Waals surface area contributed by atoms with E-state index in [1.165, 1.54) is 32.1 Å². The van der Waals surface area contributed by atoms with Crippen LogP contribution in [0.3, 0.4) is 0 Å². The van der Waals surface area contributed by atoms with Gasteiger partial charge in [0.25, 0.3) is 5.89 Å². The van der Waals surface area contributed by atoms with E-state index in [1.54, 1.807) is 18.4 Å². The minimum Gasteiger partial charge on any atom is -0.459 e. The molecule has 4 bridgehead atoms. The van der Waals surface area contributed by atoms with Crippen molar-refractivity contribution in [2.24, 2.45) is 29.6 Å². The second-order valence-electron chi connectivity index (χ2n) is 9.99. The maximum atomic E-state index is 13.1. The highest BCUT2D eigenvalue weighted by Gasteiger charge is 2.49. The van der Waals surface area contributed by atoms with Gasteiger partial charge in [0.05, 0.1) is 6.26 Å². The van der Waals surface area contributed by atoms with Gasteiger partial charge in [0, 0.05) is 25.0 Å². The Hall–Kier alpha value is -2.75. The van der Waals surface area contributed by atoms with Crippen molar-refractivity contribution in [2.45, 2.75) is 51.0 Å². The van der Waals surface area contributed by atoms with Crippen LogP contribution in [0.15, 0.2) is 27.2 Å². The molecule has 5 aliphatic rings. The molecule has 162 valence electrons. The number of piperidine rings is 1. The summed E-state index contributed by atoms with van der Waals surface area (Å²) in [5.41, 5.74) is 0.267. The lowest BCUT2D eigenvalue weighted by Crippen LogP contribution is -2.57. The minimum absolute atomic E-state index is 0.0337. The Kier molecular flexibility index (Phi) is 4.55. The number of carbonyl (C=O) groups is 1. The van der Waals surface area contributed by atoms with Crippen molar-refractivity contribution in [3.63, 3.8) is 0 Å². The molecule has 31 heavy (non-hydrogen) atoms. The SMILES string of the molecule is N#Cc1nc(-c2ccco2)oc1N1CCC(C(=O)NC2C3CC4CC(C3)CC2C4)CC1. The van der Waals surface area contributed by atoms with Crippen LogP contribution in [0.5, 0.6) is 0 Å². The summed E-state index contributed by atoms with van der Waals surface area (Å²) in [6.45, 7) is 1.36. The van der Waals surface area contributed by atoms with Gasteiger partial charge >= 0.3 is 0 Å². The highest BCUT2D eigenvalue weighted by Crippen LogP contribution is 2.53. The van der Waals surface area contributed by atoms with E-state index >= 15 is 0 Å². The van der Waals surface area contributed by atoms with Gasteiger partial charge < -0.3 is 19.1 Å². The van der Waals surface area contributed by atoms with Crippen LogP contribution in [0.1, 0.15) is 50.6 Å². The first kappa shape index (κ1) is 19.0. The third-order valence-electron chi connectivity index (χ3n) is 8.14. The third-order valence-corrected chi connectivity index (χ3v) is 8.14. The van der Waals surface area contributed by atoms with Gasteiger partial charge in [-0.05, 0) is 80.8 Å². The molecule has 1 saturated heterocycles. The summed E-state index contributed by atoms with van der Waals surface area (Å²) in [5, 5.41) is 13.0. The Morgan fingerprint density at radius 1 is 1.13 bits per heavy atom. The van der Waals surface area contributed by atoms with Crippen molar-refractivity contribution in [3.05, 3.63) is 24.1 Å². The summed E-state index contributed by atoms with van der Waals surface area (Å²) in [5.74, 6) is 4.81. The molecule has 0 spiro atoms. The highest BCUT2D eigenvalue weighted by atomic mass is 16.4. The van der Waals surface area contributed by atoms with Crippen LogP contribution >= 0.6 is 0 Å². The molecule has 0 aromatic carbocycles.